The van der Waals surface area contributed by atoms with E-state index in [4.69, 9.17) is 11.6 Å². The normalized spacial score (nSPS) is 16.6. The topological polar surface area (TPSA) is 38.1 Å². The highest BCUT2D eigenvalue weighted by atomic mass is 35.5. The summed E-state index contributed by atoms with van der Waals surface area (Å²) < 4.78 is 1.78. The molecule has 0 bridgehead atoms. The number of hydrogen-bond donors (Lipinski definition) is 0. The molecule has 5 heteroatoms. The maximum atomic E-state index is 12.1. The summed E-state index contributed by atoms with van der Waals surface area (Å²) in [6.07, 6.45) is 5.46. The van der Waals surface area contributed by atoms with Gasteiger partial charge in [-0.05, 0) is 38.1 Å². The third-order valence-corrected chi connectivity index (χ3v) is 4.10. The first-order chi connectivity index (χ1) is 9.74. The summed E-state index contributed by atoms with van der Waals surface area (Å²) in [7, 11) is 0. The quantitative estimate of drug-likeness (QED) is 0.872. The monoisotopic (exact) mass is 291 g/mol. The zero-order valence-corrected chi connectivity index (χ0v) is 12.1. The Kier molecular flexibility index (Phi) is 4.03. The van der Waals surface area contributed by atoms with Gasteiger partial charge in [0.05, 0.1) is 16.1 Å². The predicted molar refractivity (Wildman–Crippen MR) is 81.3 cm³/mol. The van der Waals surface area contributed by atoms with Gasteiger partial charge in [0.2, 0.25) is 0 Å². The molecule has 2 aromatic heterocycles. The summed E-state index contributed by atoms with van der Waals surface area (Å²) in [6, 6.07) is 5.16. The minimum atomic E-state index is 0.0126. The smallest absolute Gasteiger partial charge is 0.251 e. The van der Waals surface area contributed by atoms with E-state index in [1.807, 2.05) is 6.07 Å². The molecule has 0 N–H and O–H groups in total. The molecule has 0 atom stereocenters. The number of piperidine rings is 1. The van der Waals surface area contributed by atoms with Crippen LogP contribution < -0.4 is 5.56 Å². The maximum Gasteiger partial charge on any atom is 0.251 e. The van der Waals surface area contributed by atoms with E-state index in [-0.39, 0.29) is 5.56 Å². The molecule has 0 saturated carbocycles. The Morgan fingerprint density at radius 3 is 2.75 bits per heavy atom. The van der Waals surface area contributed by atoms with Crippen molar-refractivity contribution in [1.82, 2.24) is 14.5 Å². The Hall–Kier alpha value is -1.39. The molecule has 4 nitrogen and oxygen atoms in total. The minimum Gasteiger partial charge on any atom is -0.305 e. The molecular weight excluding hydrogens is 274 g/mol. The van der Waals surface area contributed by atoms with Gasteiger partial charge in [-0.3, -0.25) is 9.78 Å². The summed E-state index contributed by atoms with van der Waals surface area (Å²) in [5, 5.41) is 0.565. The molecule has 1 fully saturated rings. The second-order valence-corrected chi connectivity index (χ2v) is 5.72. The van der Waals surface area contributed by atoms with Gasteiger partial charge in [-0.25, -0.2) is 0 Å². The van der Waals surface area contributed by atoms with Crippen LogP contribution in [0.3, 0.4) is 0 Å². The Balaban J connectivity index is 1.87. The molecule has 0 unspecified atom stereocenters. The molecule has 0 amide bonds. The number of likely N-dealkylation sites (tertiary alicyclic amines) is 1. The molecule has 3 rings (SSSR count). The van der Waals surface area contributed by atoms with Crippen molar-refractivity contribution in [3.63, 3.8) is 0 Å². The Morgan fingerprint density at radius 1 is 1.15 bits per heavy atom. The van der Waals surface area contributed by atoms with Crippen molar-refractivity contribution in [2.75, 3.05) is 19.6 Å². The number of hydrogen-bond acceptors (Lipinski definition) is 3. The first kappa shape index (κ1) is 13.6. The van der Waals surface area contributed by atoms with Crippen molar-refractivity contribution >= 4 is 22.6 Å². The molecule has 0 aromatic carbocycles. The van der Waals surface area contributed by atoms with Gasteiger partial charge in [-0.15, -0.1) is 0 Å². The second kappa shape index (κ2) is 5.94. The average molecular weight is 292 g/mol. The van der Waals surface area contributed by atoms with E-state index >= 15 is 0 Å². The van der Waals surface area contributed by atoms with E-state index in [0.717, 1.165) is 30.7 Å². The average Bonchev–Trinajstić information content (AvgIpc) is 2.47. The van der Waals surface area contributed by atoms with Crippen LogP contribution >= 0.6 is 11.6 Å². The Morgan fingerprint density at radius 2 is 1.95 bits per heavy atom. The van der Waals surface area contributed by atoms with E-state index < -0.39 is 0 Å². The zero-order valence-electron chi connectivity index (χ0n) is 11.4. The van der Waals surface area contributed by atoms with Gasteiger partial charge in [0, 0.05) is 25.4 Å². The van der Waals surface area contributed by atoms with Crippen LogP contribution in [0.25, 0.3) is 11.0 Å². The third kappa shape index (κ3) is 2.86. The predicted octanol–water partition coefficient (Wildman–Crippen LogP) is 2.54. The number of rotatable bonds is 3. The van der Waals surface area contributed by atoms with Crippen molar-refractivity contribution in [3.05, 3.63) is 39.8 Å². The SMILES string of the molecule is O=c1ccc2ncc(Cl)cc2n1CCN1CCCCC1. The van der Waals surface area contributed by atoms with Gasteiger partial charge in [-0.1, -0.05) is 18.0 Å². The fourth-order valence-electron chi connectivity index (χ4n) is 2.80. The van der Waals surface area contributed by atoms with E-state index in [2.05, 4.69) is 9.88 Å². The van der Waals surface area contributed by atoms with E-state index in [0.29, 0.717) is 11.6 Å². The van der Waals surface area contributed by atoms with Crippen LogP contribution in [0, 0.1) is 0 Å². The first-order valence-electron chi connectivity index (χ1n) is 7.11. The Labute approximate surface area is 123 Å². The van der Waals surface area contributed by atoms with Crippen LogP contribution in [0.4, 0.5) is 0 Å². The largest absolute Gasteiger partial charge is 0.305 e. The number of halogens is 1. The molecule has 0 aliphatic carbocycles. The van der Waals surface area contributed by atoms with Crippen LogP contribution in [-0.2, 0) is 6.54 Å². The number of pyridine rings is 2. The van der Waals surface area contributed by atoms with Crippen molar-refractivity contribution in [1.29, 1.82) is 0 Å². The van der Waals surface area contributed by atoms with Gasteiger partial charge < -0.3 is 9.47 Å². The van der Waals surface area contributed by atoms with Gasteiger partial charge in [0.15, 0.2) is 0 Å². The molecule has 0 spiro atoms. The van der Waals surface area contributed by atoms with Crippen molar-refractivity contribution in [2.45, 2.75) is 25.8 Å². The van der Waals surface area contributed by atoms with Gasteiger partial charge in [-0.2, -0.15) is 0 Å². The van der Waals surface area contributed by atoms with Crippen LogP contribution in [0.5, 0.6) is 0 Å². The third-order valence-electron chi connectivity index (χ3n) is 3.89. The molecular formula is C15H18ClN3O. The summed E-state index contributed by atoms with van der Waals surface area (Å²) in [4.78, 5) is 18.8. The minimum absolute atomic E-state index is 0.0126. The summed E-state index contributed by atoms with van der Waals surface area (Å²) in [5.41, 5.74) is 1.65. The van der Waals surface area contributed by atoms with E-state index in [1.54, 1.807) is 22.9 Å². The molecule has 2 aromatic rings. The standard InChI is InChI=1S/C15H18ClN3O/c16-12-10-14-13(17-11-12)4-5-15(20)19(14)9-8-18-6-2-1-3-7-18/h4-5,10-11H,1-3,6-9H2. The first-order valence-corrected chi connectivity index (χ1v) is 7.49. The summed E-state index contributed by atoms with van der Waals surface area (Å²) in [5.74, 6) is 0. The molecule has 1 aliphatic heterocycles. The lowest BCUT2D eigenvalue weighted by molar-refractivity contribution is 0.221. The molecule has 20 heavy (non-hydrogen) atoms. The number of nitrogens with zero attached hydrogens (tertiary/aromatic N) is 3. The van der Waals surface area contributed by atoms with Crippen molar-refractivity contribution in [2.24, 2.45) is 0 Å². The zero-order chi connectivity index (χ0) is 13.9. The van der Waals surface area contributed by atoms with Crippen LogP contribution in [0.2, 0.25) is 5.02 Å². The fourth-order valence-corrected chi connectivity index (χ4v) is 2.95. The lowest BCUT2D eigenvalue weighted by Crippen LogP contribution is -2.34. The molecule has 3 heterocycles. The van der Waals surface area contributed by atoms with E-state index in [9.17, 15) is 4.79 Å². The summed E-state index contributed by atoms with van der Waals surface area (Å²) in [6.45, 7) is 3.88. The maximum absolute atomic E-state index is 12.1. The lowest BCUT2D eigenvalue weighted by Gasteiger charge is -2.26. The number of fused-ring (bicyclic) bond motifs is 1. The highest BCUT2D eigenvalue weighted by Crippen LogP contribution is 2.15. The van der Waals surface area contributed by atoms with Gasteiger partial charge in [0.25, 0.3) is 5.56 Å². The molecule has 0 radical (unpaired) electrons. The van der Waals surface area contributed by atoms with Crippen LogP contribution in [-0.4, -0.2) is 34.1 Å². The molecule has 1 aliphatic rings. The van der Waals surface area contributed by atoms with E-state index in [1.165, 1.54) is 19.3 Å². The van der Waals surface area contributed by atoms with Crippen LogP contribution in [0.15, 0.2) is 29.2 Å². The fraction of sp³-hybridized carbons (Fsp3) is 0.467. The molecule has 106 valence electrons. The van der Waals surface area contributed by atoms with Crippen molar-refractivity contribution < 1.29 is 0 Å². The lowest BCUT2D eigenvalue weighted by atomic mass is 10.1. The highest BCUT2D eigenvalue weighted by molar-refractivity contribution is 6.31. The van der Waals surface area contributed by atoms with Gasteiger partial charge >= 0.3 is 0 Å². The molecule has 1 saturated heterocycles. The summed E-state index contributed by atoms with van der Waals surface area (Å²) >= 11 is 6.00. The van der Waals surface area contributed by atoms with Crippen LogP contribution in [0.1, 0.15) is 19.3 Å². The number of aromatic nitrogens is 2. The van der Waals surface area contributed by atoms with Gasteiger partial charge in [0.1, 0.15) is 0 Å². The van der Waals surface area contributed by atoms with Crippen molar-refractivity contribution in [3.8, 4) is 0 Å². The highest BCUT2D eigenvalue weighted by Gasteiger charge is 2.11. The Bertz CT molecular complexity index is 662. The second-order valence-electron chi connectivity index (χ2n) is 5.28.